The third kappa shape index (κ3) is 1.55. The third-order valence-corrected chi connectivity index (χ3v) is 3.89. The third-order valence-electron chi connectivity index (χ3n) is 3.89. The van der Waals surface area contributed by atoms with E-state index < -0.39 is 0 Å². The summed E-state index contributed by atoms with van der Waals surface area (Å²) in [6, 6.07) is 5.12. The van der Waals surface area contributed by atoms with Crippen molar-refractivity contribution in [2.75, 3.05) is 12.8 Å². The molecule has 4 rings (SSSR count). The highest BCUT2D eigenvalue weighted by molar-refractivity contribution is 5.98. The zero-order chi connectivity index (χ0) is 12.0. The van der Waals surface area contributed by atoms with Crippen LogP contribution in [0.25, 0.3) is 0 Å². The van der Waals surface area contributed by atoms with Crippen molar-refractivity contribution in [3.05, 3.63) is 23.8 Å². The molecule has 0 heterocycles. The Morgan fingerprint density at radius 1 is 1.47 bits per heavy atom. The second-order valence-corrected chi connectivity index (χ2v) is 5.17. The summed E-state index contributed by atoms with van der Waals surface area (Å²) in [6.45, 7) is 0. The molecular formula is C13H16N2O2. The summed E-state index contributed by atoms with van der Waals surface area (Å²) in [5.41, 5.74) is 6.92. The van der Waals surface area contributed by atoms with Crippen LogP contribution in [0.3, 0.4) is 0 Å². The van der Waals surface area contributed by atoms with Gasteiger partial charge in [-0.15, -0.1) is 0 Å². The van der Waals surface area contributed by atoms with Crippen LogP contribution in [-0.2, 0) is 0 Å². The second kappa shape index (κ2) is 3.39. The molecule has 3 fully saturated rings. The van der Waals surface area contributed by atoms with Gasteiger partial charge in [0.05, 0.1) is 12.7 Å². The lowest BCUT2D eigenvalue weighted by Crippen LogP contribution is -2.68. The van der Waals surface area contributed by atoms with Crippen LogP contribution in [-0.4, -0.2) is 18.6 Å². The average molecular weight is 232 g/mol. The van der Waals surface area contributed by atoms with Crippen molar-refractivity contribution in [1.82, 2.24) is 5.32 Å². The predicted octanol–water partition coefficient (Wildman–Crippen LogP) is 1.56. The minimum atomic E-state index is -0.0556. The zero-order valence-corrected chi connectivity index (χ0v) is 9.82. The van der Waals surface area contributed by atoms with Gasteiger partial charge < -0.3 is 15.8 Å². The molecule has 4 nitrogen and oxygen atoms in total. The molecule has 1 aromatic carbocycles. The van der Waals surface area contributed by atoms with Crippen LogP contribution in [0.5, 0.6) is 5.75 Å². The van der Waals surface area contributed by atoms with Crippen LogP contribution < -0.4 is 15.8 Å². The van der Waals surface area contributed by atoms with Crippen LogP contribution in [0.1, 0.15) is 29.6 Å². The molecule has 3 N–H and O–H groups in total. The number of ether oxygens (including phenoxy) is 1. The van der Waals surface area contributed by atoms with Gasteiger partial charge in [-0.25, -0.2) is 0 Å². The van der Waals surface area contributed by atoms with E-state index >= 15 is 0 Å². The van der Waals surface area contributed by atoms with Gasteiger partial charge in [0, 0.05) is 17.3 Å². The van der Waals surface area contributed by atoms with E-state index in [-0.39, 0.29) is 11.4 Å². The fourth-order valence-corrected chi connectivity index (χ4v) is 2.84. The molecule has 0 aromatic heterocycles. The molecule has 1 amide bonds. The molecule has 0 spiro atoms. The van der Waals surface area contributed by atoms with E-state index in [1.807, 2.05) is 0 Å². The quantitative estimate of drug-likeness (QED) is 0.777. The zero-order valence-electron chi connectivity index (χ0n) is 9.82. The molecular weight excluding hydrogens is 216 g/mol. The number of nitrogens with one attached hydrogen (secondary N) is 1. The topological polar surface area (TPSA) is 64.3 Å². The lowest BCUT2D eigenvalue weighted by molar-refractivity contribution is -0.0438. The van der Waals surface area contributed by atoms with Gasteiger partial charge in [0.25, 0.3) is 5.91 Å². The number of nitrogen functional groups attached to an aromatic ring is 1. The second-order valence-electron chi connectivity index (χ2n) is 5.17. The smallest absolute Gasteiger partial charge is 0.255 e. The Labute approximate surface area is 100 Å². The first kappa shape index (κ1) is 10.4. The average Bonchev–Trinajstić information content (AvgIpc) is 2.21. The van der Waals surface area contributed by atoms with Crippen molar-refractivity contribution in [2.24, 2.45) is 5.92 Å². The van der Waals surface area contributed by atoms with Gasteiger partial charge >= 0.3 is 0 Å². The molecule has 0 unspecified atom stereocenters. The van der Waals surface area contributed by atoms with Crippen LogP contribution in [0, 0.1) is 5.92 Å². The minimum absolute atomic E-state index is 0.0556. The van der Waals surface area contributed by atoms with Crippen molar-refractivity contribution in [3.8, 4) is 5.75 Å². The van der Waals surface area contributed by atoms with Crippen LogP contribution in [0.15, 0.2) is 18.2 Å². The highest BCUT2D eigenvalue weighted by Gasteiger charge is 2.57. The van der Waals surface area contributed by atoms with E-state index in [2.05, 4.69) is 5.32 Å². The van der Waals surface area contributed by atoms with Crippen molar-refractivity contribution in [3.63, 3.8) is 0 Å². The largest absolute Gasteiger partial charge is 0.496 e. The molecule has 90 valence electrons. The molecule has 17 heavy (non-hydrogen) atoms. The highest BCUT2D eigenvalue weighted by Crippen LogP contribution is 2.57. The Kier molecular flexibility index (Phi) is 2.08. The van der Waals surface area contributed by atoms with Crippen molar-refractivity contribution >= 4 is 11.6 Å². The number of hydrogen-bond donors (Lipinski definition) is 2. The molecule has 3 aliphatic rings. The molecule has 0 radical (unpaired) electrons. The maximum absolute atomic E-state index is 12.1. The van der Waals surface area contributed by atoms with Crippen molar-refractivity contribution in [1.29, 1.82) is 0 Å². The van der Waals surface area contributed by atoms with Gasteiger partial charge in [-0.1, -0.05) is 0 Å². The number of nitrogens with two attached hydrogens (primary N) is 1. The Bertz CT molecular complexity index is 467. The molecule has 1 aromatic rings. The van der Waals surface area contributed by atoms with E-state index in [0.717, 1.165) is 25.2 Å². The Morgan fingerprint density at radius 2 is 2.18 bits per heavy atom. The van der Waals surface area contributed by atoms with E-state index in [4.69, 9.17) is 10.5 Å². The summed E-state index contributed by atoms with van der Waals surface area (Å²) in [7, 11) is 1.55. The van der Waals surface area contributed by atoms with Crippen LogP contribution >= 0.6 is 0 Å². The fraction of sp³-hybridized carbons (Fsp3) is 0.462. The first-order valence-corrected chi connectivity index (χ1v) is 5.88. The Morgan fingerprint density at radius 3 is 2.71 bits per heavy atom. The normalized spacial score (nSPS) is 28.9. The highest BCUT2D eigenvalue weighted by atomic mass is 16.5. The molecule has 0 aliphatic heterocycles. The number of rotatable bonds is 3. The molecule has 3 saturated carbocycles. The predicted molar refractivity (Wildman–Crippen MR) is 64.9 cm³/mol. The summed E-state index contributed by atoms with van der Waals surface area (Å²) < 4.78 is 5.19. The van der Waals surface area contributed by atoms with Crippen molar-refractivity contribution < 1.29 is 9.53 Å². The first-order valence-electron chi connectivity index (χ1n) is 5.88. The Balaban J connectivity index is 1.80. The van der Waals surface area contributed by atoms with Gasteiger partial charge in [0.15, 0.2) is 0 Å². The number of amides is 1. The van der Waals surface area contributed by atoms with Crippen LogP contribution in [0.4, 0.5) is 5.69 Å². The molecule has 2 bridgehead atoms. The van der Waals surface area contributed by atoms with E-state index in [1.165, 1.54) is 0 Å². The van der Waals surface area contributed by atoms with E-state index in [0.29, 0.717) is 17.0 Å². The summed E-state index contributed by atoms with van der Waals surface area (Å²) >= 11 is 0. The maximum Gasteiger partial charge on any atom is 0.255 e. The van der Waals surface area contributed by atoms with Crippen molar-refractivity contribution in [2.45, 2.75) is 24.8 Å². The minimum Gasteiger partial charge on any atom is -0.496 e. The number of hydrogen-bond acceptors (Lipinski definition) is 3. The summed E-state index contributed by atoms with van der Waals surface area (Å²) in [5, 5.41) is 3.11. The fourth-order valence-electron chi connectivity index (χ4n) is 2.84. The lowest BCUT2D eigenvalue weighted by atomic mass is 9.50. The SMILES string of the molecule is COc1cc(N)ccc1C(=O)NC12CC(C1)C2. The van der Waals surface area contributed by atoms with E-state index in [1.54, 1.807) is 25.3 Å². The van der Waals surface area contributed by atoms with Gasteiger partial charge in [-0.2, -0.15) is 0 Å². The van der Waals surface area contributed by atoms with Crippen LogP contribution in [0.2, 0.25) is 0 Å². The number of methoxy groups -OCH3 is 1. The number of carbonyl (C=O) groups is 1. The number of carbonyl (C=O) groups excluding carboxylic acids is 1. The molecule has 4 heteroatoms. The molecule has 0 saturated heterocycles. The van der Waals surface area contributed by atoms with Gasteiger partial charge in [0.2, 0.25) is 0 Å². The number of benzene rings is 1. The molecule has 3 aliphatic carbocycles. The van der Waals surface area contributed by atoms with Gasteiger partial charge in [0.1, 0.15) is 5.75 Å². The van der Waals surface area contributed by atoms with E-state index in [9.17, 15) is 4.79 Å². The standard InChI is InChI=1S/C13H16N2O2/c1-17-11-4-9(14)2-3-10(11)12(16)15-13-5-8(6-13)7-13/h2-4,8H,5-7,14H2,1H3,(H,15,16). The monoisotopic (exact) mass is 232 g/mol. The summed E-state index contributed by atoms with van der Waals surface area (Å²) in [4.78, 5) is 12.1. The number of anilines is 1. The maximum atomic E-state index is 12.1. The van der Waals surface area contributed by atoms with Gasteiger partial charge in [-0.3, -0.25) is 4.79 Å². The summed E-state index contributed by atoms with van der Waals surface area (Å²) in [6.07, 6.45) is 3.40. The first-order chi connectivity index (χ1) is 8.12. The van der Waals surface area contributed by atoms with Gasteiger partial charge in [-0.05, 0) is 37.3 Å². The lowest BCUT2D eigenvalue weighted by Gasteiger charge is -2.61. The molecule has 0 atom stereocenters. The Hall–Kier alpha value is -1.71. The summed E-state index contributed by atoms with van der Waals surface area (Å²) in [5.74, 6) is 1.33.